The van der Waals surface area contributed by atoms with Crippen molar-refractivity contribution in [2.45, 2.75) is 6.54 Å². The van der Waals surface area contributed by atoms with Crippen LogP contribution in [-0.4, -0.2) is 18.1 Å². The molecule has 4 nitrogen and oxygen atoms in total. The maximum atomic E-state index is 13.1. The minimum atomic E-state index is -1.04. The predicted molar refractivity (Wildman–Crippen MR) is 64.2 cm³/mol. The Labute approximate surface area is 103 Å². The fraction of sp³-hybridized carbons (Fsp3) is 0.154. The zero-order valence-electron chi connectivity index (χ0n) is 9.76. The van der Waals surface area contributed by atoms with E-state index in [2.05, 4.69) is 0 Å². The van der Waals surface area contributed by atoms with Gasteiger partial charge in [-0.05, 0) is 24.3 Å². The molecule has 2 rings (SSSR count). The second-order valence-corrected chi connectivity index (χ2v) is 3.90. The molecule has 1 heterocycles. The molecule has 94 valence electrons. The summed E-state index contributed by atoms with van der Waals surface area (Å²) >= 11 is 0. The average Bonchev–Trinajstić information content (AvgIpc) is 2.77. The second-order valence-electron chi connectivity index (χ2n) is 3.90. The Bertz CT molecular complexity index is 565. The van der Waals surface area contributed by atoms with Gasteiger partial charge in [0, 0.05) is 12.7 Å². The maximum Gasteiger partial charge on any atom is 0.339 e. The summed E-state index contributed by atoms with van der Waals surface area (Å²) in [6, 6.07) is 7.47. The van der Waals surface area contributed by atoms with Crippen molar-refractivity contribution in [2.75, 3.05) is 11.9 Å². The number of nitrogens with zero attached hydrogens (tertiary/aromatic N) is 1. The van der Waals surface area contributed by atoms with E-state index in [0.29, 0.717) is 11.4 Å². The molecule has 0 spiro atoms. The highest BCUT2D eigenvalue weighted by Gasteiger charge is 2.15. The summed E-state index contributed by atoms with van der Waals surface area (Å²) in [5.74, 6) is -1.03. The van der Waals surface area contributed by atoms with Gasteiger partial charge in [-0.25, -0.2) is 9.18 Å². The molecule has 18 heavy (non-hydrogen) atoms. The lowest BCUT2D eigenvalue weighted by molar-refractivity contribution is 0.0694. The summed E-state index contributed by atoms with van der Waals surface area (Å²) in [5, 5.41) is 8.94. The van der Waals surface area contributed by atoms with Gasteiger partial charge in [0.05, 0.1) is 12.8 Å². The molecule has 5 heteroatoms. The molecule has 1 aromatic heterocycles. The molecular formula is C13H12FNO3. The fourth-order valence-electron chi connectivity index (χ4n) is 1.67. The summed E-state index contributed by atoms with van der Waals surface area (Å²) in [6.07, 6.45) is 1.33. The Kier molecular flexibility index (Phi) is 3.32. The van der Waals surface area contributed by atoms with E-state index in [-0.39, 0.29) is 17.9 Å². The summed E-state index contributed by atoms with van der Waals surface area (Å²) in [7, 11) is 1.74. The Balaban J connectivity index is 2.18. The Morgan fingerprint density at radius 1 is 1.44 bits per heavy atom. The lowest BCUT2D eigenvalue weighted by atomic mass is 10.2. The van der Waals surface area contributed by atoms with Gasteiger partial charge in [0.1, 0.15) is 17.1 Å². The van der Waals surface area contributed by atoms with Crippen molar-refractivity contribution in [2.24, 2.45) is 0 Å². The number of furan rings is 1. The molecule has 0 aliphatic rings. The number of halogens is 1. The van der Waals surface area contributed by atoms with Gasteiger partial charge in [0.2, 0.25) is 0 Å². The summed E-state index contributed by atoms with van der Waals surface area (Å²) < 4.78 is 18.2. The number of carbonyl (C=O) groups is 1. The van der Waals surface area contributed by atoms with Gasteiger partial charge in [-0.1, -0.05) is 6.07 Å². The van der Waals surface area contributed by atoms with E-state index in [0.717, 1.165) is 0 Å². The molecule has 1 N–H and O–H groups in total. The lowest BCUT2D eigenvalue weighted by Gasteiger charge is -2.18. The van der Waals surface area contributed by atoms with Crippen LogP contribution in [0, 0.1) is 5.82 Å². The van der Waals surface area contributed by atoms with Gasteiger partial charge < -0.3 is 14.4 Å². The standard InChI is InChI=1S/C13H12FNO3/c1-15(10-4-2-3-9(14)7-10)8-12-11(13(16)17)5-6-18-12/h2-7H,8H2,1H3,(H,16,17). The number of aromatic carboxylic acids is 1. The number of carboxylic acids is 1. The van der Waals surface area contributed by atoms with Crippen LogP contribution < -0.4 is 4.90 Å². The average molecular weight is 249 g/mol. The molecule has 0 saturated heterocycles. The highest BCUT2D eigenvalue weighted by atomic mass is 19.1. The van der Waals surface area contributed by atoms with Crippen LogP contribution in [0.5, 0.6) is 0 Å². The Hall–Kier alpha value is -2.30. The number of anilines is 1. The normalized spacial score (nSPS) is 10.3. The number of hydrogen-bond acceptors (Lipinski definition) is 3. The van der Waals surface area contributed by atoms with Gasteiger partial charge >= 0.3 is 5.97 Å². The van der Waals surface area contributed by atoms with Crippen LogP contribution in [0.25, 0.3) is 0 Å². The topological polar surface area (TPSA) is 53.7 Å². The first-order chi connectivity index (χ1) is 8.58. The summed E-state index contributed by atoms with van der Waals surface area (Å²) in [5.41, 5.74) is 0.779. The smallest absolute Gasteiger partial charge is 0.339 e. The van der Waals surface area contributed by atoms with Crippen molar-refractivity contribution < 1.29 is 18.7 Å². The molecule has 0 bridgehead atoms. The first-order valence-electron chi connectivity index (χ1n) is 5.34. The van der Waals surface area contributed by atoms with Crippen LogP contribution in [0.3, 0.4) is 0 Å². The predicted octanol–water partition coefficient (Wildman–Crippen LogP) is 2.75. The molecule has 2 aromatic rings. The van der Waals surface area contributed by atoms with Crippen LogP contribution in [-0.2, 0) is 6.54 Å². The summed E-state index contributed by atoms with van der Waals surface area (Å²) in [6.45, 7) is 0.262. The molecule has 0 atom stereocenters. The van der Waals surface area contributed by atoms with Crippen molar-refractivity contribution >= 4 is 11.7 Å². The molecule has 0 aliphatic carbocycles. The van der Waals surface area contributed by atoms with E-state index in [9.17, 15) is 9.18 Å². The number of benzene rings is 1. The molecule has 0 saturated carbocycles. The molecule has 1 aromatic carbocycles. The van der Waals surface area contributed by atoms with Gasteiger partial charge in [-0.3, -0.25) is 0 Å². The van der Waals surface area contributed by atoms with Crippen LogP contribution in [0.4, 0.5) is 10.1 Å². The van der Waals surface area contributed by atoms with E-state index in [1.54, 1.807) is 24.1 Å². The summed E-state index contributed by atoms with van der Waals surface area (Å²) in [4.78, 5) is 12.6. The molecule has 0 unspecified atom stereocenters. The van der Waals surface area contributed by atoms with E-state index >= 15 is 0 Å². The van der Waals surface area contributed by atoms with E-state index in [1.165, 1.54) is 24.5 Å². The first-order valence-corrected chi connectivity index (χ1v) is 5.34. The minimum absolute atomic E-state index is 0.123. The minimum Gasteiger partial charge on any atom is -0.478 e. The number of carboxylic acid groups (broad SMARTS) is 1. The van der Waals surface area contributed by atoms with Gasteiger partial charge in [0.25, 0.3) is 0 Å². The third-order valence-corrected chi connectivity index (χ3v) is 2.61. The lowest BCUT2D eigenvalue weighted by Crippen LogP contribution is -2.17. The quantitative estimate of drug-likeness (QED) is 0.905. The van der Waals surface area contributed by atoms with Gasteiger partial charge in [0.15, 0.2) is 0 Å². The molecule has 0 fully saturated rings. The largest absolute Gasteiger partial charge is 0.478 e. The van der Waals surface area contributed by atoms with Crippen molar-refractivity contribution in [1.29, 1.82) is 0 Å². The van der Waals surface area contributed by atoms with E-state index in [4.69, 9.17) is 9.52 Å². The highest BCUT2D eigenvalue weighted by Crippen LogP contribution is 2.19. The van der Waals surface area contributed by atoms with Crippen LogP contribution in [0.2, 0.25) is 0 Å². The molecule has 0 radical (unpaired) electrons. The zero-order valence-corrected chi connectivity index (χ0v) is 9.76. The van der Waals surface area contributed by atoms with Gasteiger partial charge in [-0.2, -0.15) is 0 Å². The second kappa shape index (κ2) is 4.91. The van der Waals surface area contributed by atoms with Crippen LogP contribution in [0.1, 0.15) is 16.1 Å². The fourth-order valence-corrected chi connectivity index (χ4v) is 1.67. The van der Waals surface area contributed by atoms with E-state index in [1.807, 2.05) is 0 Å². The third kappa shape index (κ3) is 2.51. The zero-order chi connectivity index (χ0) is 13.1. The molecular weight excluding hydrogens is 237 g/mol. The van der Waals surface area contributed by atoms with Crippen molar-refractivity contribution in [3.63, 3.8) is 0 Å². The van der Waals surface area contributed by atoms with Crippen molar-refractivity contribution in [1.82, 2.24) is 0 Å². The van der Waals surface area contributed by atoms with Crippen molar-refractivity contribution in [3.05, 3.63) is 53.7 Å². The van der Waals surface area contributed by atoms with Crippen LogP contribution in [0.15, 0.2) is 41.0 Å². The van der Waals surface area contributed by atoms with Crippen molar-refractivity contribution in [3.8, 4) is 0 Å². The van der Waals surface area contributed by atoms with E-state index < -0.39 is 5.97 Å². The number of hydrogen-bond donors (Lipinski definition) is 1. The van der Waals surface area contributed by atoms with Gasteiger partial charge in [-0.15, -0.1) is 0 Å². The number of rotatable bonds is 4. The Morgan fingerprint density at radius 2 is 2.22 bits per heavy atom. The first kappa shape index (κ1) is 12.2. The molecule has 0 aliphatic heterocycles. The highest BCUT2D eigenvalue weighted by molar-refractivity contribution is 5.88. The molecule has 0 amide bonds. The maximum absolute atomic E-state index is 13.1. The third-order valence-electron chi connectivity index (χ3n) is 2.61. The SMILES string of the molecule is CN(Cc1occc1C(=O)O)c1cccc(F)c1. The monoisotopic (exact) mass is 249 g/mol. The Morgan fingerprint density at radius 3 is 2.89 bits per heavy atom. The van der Waals surface area contributed by atoms with Crippen LogP contribution >= 0.6 is 0 Å².